The number of rotatable bonds is 7. The Hall–Kier alpha value is -0.610. The predicted molar refractivity (Wildman–Crippen MR) is 43.7 cm³/mol. The summed E-state index contributed by atoms with van der Waals surface area (Å²) in [5.74, 6) is -0.749. The average molecular weight is 160 g/mol. The highest BCUT2D eigenvalue weighted by Gasteiger charge is 1.93. The maximum absolute atomic E-state index is 10.0. The number of nitrogens with one attached hydrogen (secondary N) is 2. The standard InChI is InChI=1S/C7H16N2O2/c1-2-8-5-6-9-4-3-7(10)11/h8-9H,2-6H2,1H3,(H,10,11). The van der Waals surface area contributed by atoms with Crippen LogP contribution in [0.4, 0.5) is 0 Å². The summed E-state index contributed by atoms with van der Waals surface area (Å²) < 4.78 is 0. The lowest BCUT2D eigenvalue weighted by molar-refractivity contribution is -0.136. The molecule has 66 valence electrons. The first-order valence-electron chi connectivity index (χ1n) is 3.90. The van der Waals surface area contributed by atoms with E-state index in [2.05, 4.69) is 10.6 Å². The number of carboxylic acid groups (broad SMARTS) is 1. The van der Waals surface area contributed by atoms with Gasteiger partial charge in [-0.2, -0.15) is 0 Å². The second-order valence-corrected chi connectivity index (χ2v) is 2.25. The third-order valence-corrected chi connectivity index (χ3v) is 1.24. The van der Waals surface area contributed by atoms with Crippen LogP contribution in [0.15, 0.2) is 0 Å². The molecule has 0 saturated heterocycles. The normalized spacial score (nSPS) is 9.91. The number of hydrogen-bond acceptors (Lipinski definition) is 3. The van der Waals surface area contributed by atoms with Crippen LogP contribution in [0.3, 0.4) is 0 Å². The van der Waals surface area contributed by atoms with Crippen molar-refractivity contribution in [3.63, 3.8) is 0 Å². The summed E-state index contributed by atoms with van der Waals surface area (Å²) in [6.45, 7) is 5.29. The fourth-order valence-electron chi connectivity index (χ4n) is 0.674. The fraction of sp³-hybridized carbons (Fsp3) is 0.857. The van der Waals surface area contributed by atoms with E-state index >= 15 is 0 Å². The van der Waals surface area contributed by atoms with Crippen LogP contribution >= 0.6 is 0 Å². The van der Waals surface area contributed by atoms with E-state index in [4.69, 9.17) is 5.11 Å². The van der Waals surface area contributed by atoms with E-state index in [1.165, 1.54) is 0 Å². The van der Waals surface area contributed by atoms with Crippen molar-refractivity contribution in [3.8, 4) is 0 Å². The van der Waals surface area contributed by atoms with Crippen molar-refractivity contribution in [2.75, 3.05) is 26.2 Å². The minimum atomic E-state index is -0.749. The van der Waals surface area contributed by atoms with E-state index < -0.39 is 5.97 Å². The Morgan fingerprint density at radius 3 is 2.45 bits per heavy atom. The molecule has 0 aliphatic rings. The lowest BCUT2D eigenvalue weighted by atomic mass is 10.4. The summed E-state index contributed by atoms with van der Waals surface area (Å²) in [5.41, 5.74) is 0. The van der Waals surface area contributed by atoms with Crippen molar-refractivity contribution < 1.29 is 9.90 Å². The molecule has 0 amide bonds. The highest BCUT2D eigenvalue weighted by molar-refractivity contribution is 5.66. The molecule has 0 bridgehead atoms. The summed E-state index contributed by atoms with van der Waals surface area (Å²) >= 11 is 0. The van der Waals surface area contributed by atoms with Crippen LogP contribution in [-0.4, -0.2) is 37.3 Å². The van der Waals surface area contributed by atoms with Crippen LogP contribution in [0.25, 0.3) is 0 Å². The number of hydrogen-bond donors (Lipinski definition) is 3. The molecule has 0 aliphatic heterocycles. The Bertz CT molecular complexity index is 107. The van der Waals surface area contributed by atoms with Gasteiger partial charge in [-0.1, -0.05) is 6.92 Å². The second-order valence-electron chi connectivity index (χ2n) is 2.25. The van der Waals surface area contributed by atoms with Crippen molar-refractivity contribution in [1.29, 1.82) is 0 Å². The number of carbonyl (C=O) groups is 1. The topological polar surface area (TPSA) is 61.4 Å². The molecule has 0 spiro atoms. The van der Waals surface area contributed by atoms with Gasteiger partial charge in [-0.3, -0.25) is 4.79 Å². The largest absolute Gasteiger partial charge is 0.481 e. The van der Waals surface area contributed by atoms with Crippen LogP contribution in [0.2, 0.25) is 0 Å². The van der Waals surface area contributed by atoms with Gasteiger partial charge in [-0.05, 0) is 6.54 Å². The van der Waals surface area contributed by atoms with Crippen LogP contribution in [0.5, 0.6) is 0 Å². The Morgan fingerprint density at radius 2 is 1.91 bits per heavy atom. The smallest absolute Gasteiger partial charge is 0.304 e. The fourth-order valence-corrected chi connectivity index (χ4v) is 0.674. The first-order valence-corrected chi connectivity index (χ1v) is 3.90. The molecule has 0 heterocycles. The molecule has 4 nitrogen and oxygen atoms in total. The molecule has 3 N–H and O–H groups in total. The highest BCUT2D eigenvalue weighted by atomic mass is 16.4. The van der Waals surface area contributed by atoms with Gasteiger partial charge < -0.3 is 15.7 Å². The lowest BCUT2D eigenvalue weighted by Gasteiger charge is -2.02. The van der Waals surface area contributed by atoms with Gasteiger partial charge in [0.05, 0.1) is 6.42 Å². The molecule has 4 heteroatoms. The van der Waals surface area contributed by atoms with Gasteiger partial charge in [0.1, 0.15) is 0 Å². The van der Waals surface area contributed by atoms with Gasteiger partial charge in [-0.15, -0.1) is 0 Å². The molecule has 11 heavy (non-hydrogen) atoms. The Kier molecular flexibility index (Phi) is 7.08. The van der Waals surface area contributed by atoms with E-state index in [-0.39, 0.29) is 6.42 Å². The second kappa shape index (κ2) is 7.50. The van der Waals surface area contributed by atoms with Crippen LogP contribution in [0.1, 0.15) is 13.3 Å². The number of aliphatic carboxylic acids is 1. The van der Waals surface area contributed by atoms with Crippen molar-refractivity contribution >= 4 is 5.97 Å². The van der Waals surface area contributed by atoms with Gasteiger partial charge >= 0.3 is 5.97 Å². The molecule has 0 aromatic carbocycles. The lowest BCUT2D eigenvalue weighted by Crippen LogP contribution is -2.28. The Labute approximate surface area is 67.0 Å². The summed E-state index contributed by atoms with van der Waals surface area (Å²) in [4.78, 5) is 10.0. The van der Waals surface area contributed by atoms with Crippen LogP contribution in [-0.2, 0) is 4.79 Å². The quantitative estimate of drug-likeness (QED) is 0.446. The molecule has 0 fully saturated rings. The monoisotopic (exact) mass is 160 g/mol. The molecule has 0 unspecified atom stereocenters. The summed E-state index contributed by atoms with van der Waals surface area (Å²) in [5, 5.41) is 14.4. The molecule has 0 saturated carbocycles. The molecule has 0 aliphatic carbocycles. The van der Waals surface area contributed by atoms with E-state index in [1.807, 2.05) is 6.92 Å². The van der Waals surface area contributed by atoms with E-state index in [0.29, 0.717) is 6.54 Å². The SMILES string of the molecule is CCNCCNCCC(=O)O. The zero-order chi connectivity index (χ0) is 8.53. The summed E-state index contributed by atoms with van der Waals surface area (Å²) in [7, 11) is 0. The average Bonchev–Trinajstić information content (AvgIpc) is 1.96. The summed E-state index contributed by atoms with van der Waals surface area (Å²) in [6.07, 6.45) is 0.201. The van der Waals surface area contributed by atoms with Gasteiger partial charge in [0.15, 0.2) is 0 Å². The Morgan fingerprint density at radius 1 is 1.27 bits per heavy atom. The molecular weight excluding hydrogens is 144 g/mol. The zero-order valence-corrected chi connectivity index (χ0v) is 6.89. The molecule has 0 aromatic heterocycles. The Balaban J connectivity index is 2.85. The van der Waals surface area contributed by atoms with Crippen LogP contribution < -0.4 is 10.6 Å². The molecule has 0 radical (unpaired) electrons. The van der Waals surface area contributed by atoms with Crippen molar-refractivity contribution in [1.82, 2.24) is 10.6 Å². The zero-order valence-electron chi connectivity index (χ0n) is 6.89. The van der Waals surface area contributed by atoms with E-state index in [1.54, 1.807) is 0 Å². The van der Waals surface area contributed by atoms with Gasteiger partial charge in [-0.25, -0.2) is 0 Å². The van der Waals surface area contributed by atoms with Crippen LogP contribution in [0, 0.1) is 0 Å². The molecule has 0 atom stereocenters. The minimum absolute atomic E-state index is 0.201. The summed E-state index contributed by atoms with van der Waals surface area (Å²) in [6, 6.07) is 0. The maximum atomic E-state index is 10.0. The number of likely N-dealkylation sites (N-methyl/N-ethyl adjacent to an activating group) is 1. The minimum Gasteiger partial charge on any atom is -0.481 e. The number of carboxylic acids is 1. The van der Waals surface area contributed by atoms with Crippen molar-refractivity contribution in [2.45, 2.75) is 13.3 Å². The first kappa shape index (κ1) is 10.4. The van der Waals surface area contributed by atoms with Crippen molar-refractivity contribution in [3.05, 3.63) is 0 Å². The first-order chi connectivity index (χ1) is 5.27. The van der Waals surface area contributed by atoms with Gasteiger partial charge in [0, 0.05) is 19.6 Å². The molecule has 0 aromatic rings. The predicted octanol–water partition coefficient (Wildman–Crippen LogP) is -0.340. The molecule has 0 rings (SSSR count). The third-order valence-electron chi connectivity index (χ3n) is 1.24. The highest BCUT2D eigenvalue weighted by Crippen LogP contribution is 1.73. The van der Waals surface area contributed by atoms with E-state index in [0.717, 1.165) is 19.6 Å². The van der Waals surface area contributed by atoms with Crippen molar-refractivity contribution in [2.24, 2.45) is 0 Å². The maximum Gasteiger partial charge on any atom is 0.304 e. The third kappa shape index (κ3) is 9.39. The van der Waals surface area contributed by atoms with E-state index in [9.17, 15) is 4.79 Å². The van der Waals surface area contributed by atoms with Gasteiger partial charge in [0.2, 0.25) is 0 Å². The van der Waals surface area contributed by atoms with Gasteiger partial charge in [0.25, 0.3) is 0 Å². The molecular formula is C7H16N2O2.